The summed E-state index contributed by atoms with van der Waals surface area (Å²) in [6.07, 6.45) is 0. The minimum absolute atomic E-state index is 0.0988. The number of esters is 1. The Kier molecular flexibility index (Phi) is 6.17. The van der Waals surface area contributed by atoms with Crippen LogP contribution in [0.3, 0.4) is 0 Å². The van der Waals surface area contributed by atoms with Crippen molar-refractivity contribution in [3.05, 3.63) is 89.5 Å². The molecule has 0 spiro atoms. The van der Waals surface area contributed by atoms with Crippen LogP contribution in [0.25, 0.3) is 0 Å². The van der Waals surface area contributed by atoms with Gasteiger partial charge in [-0.15, -0.1) is 0 Å². The molecule has 0 heterocycles. The summed E-state index contributed by atoms with van der Waals surface area (Å²) in [5.41, 5.74) is 2.05. The summed E-state index contributed by atoms with van der Waals surface area (Å²) in [5, 5.41) is 2.69. The molecule has 1 amide bonds. The number of ether oxygens (including phenoxy) is 1. The van der Waals surface area contributed by atoms with Gasteiger partial charge in [-0.3, -0.25) is 9.52 Å². The third-order valence-corrected chi connectivity index (χ3v) is 5.69. The largest absolute Gasteiger partial charge is 0.465 e. The quantitative estimate of drug-likeness (QED) is 0.586. The lowest BCUT2D eigenvalue weighted by molar-refractivity contribution is 0.0600. The summed E-state index contributed by atoms with van der Waals surface area (Å²) < 4.78 is 32.5. The van der Waals surface area contributed by atoms with E-state index in [2.05, 4.69) is 14.8 Å². The lowest BCUT2D eigenvalue weighted by Crippen LogP contribution is -2.18. The average Bonchev–Trinajstić information content (AvgIpc) is 2.74. The molecule has 0 aliphatic carbocycles. The van der Waals surface area contributed by atoms with Gasteiger partial charge >= 0.3 is 5.97 Å². The van der Waals surface area contributed by atoms with Gasteiger partial charge in [-0.25, -0.2) is 13.2 Å². The number of aryl methyl sites for hydroxylation is 1. The Balaban J connectivity index is 1.81. The predicted molar refractivity (Wildman–Crippen MR) is 114 cm³/mol. The minimum Gasteiger partial charge on any atom is -0.465 e. The van der Waals surface area contributed by atoms with E-state index in [4.69, 9.17) is 0 Å². The molecule has 8 heteroatoms. The number of benzene rings is 3. The second kappa shape index (κ2) is 8.79. The highest BCUT2D eigenvalue weighted by Crippen LogP contribution is 2.22. The Morgan fingerprint density at radius 2 is 1.50 bits per heavy atom. The molecule has 3 aromatic carbocycles. The molecule has 0 fully saturated rings. The first-order chi connectivity index (χ1) is 14.3. The van der Waals surface area contributed by atoms with Crippen LogP contribution in [0, 0.1) is 6.92 Å². The van der Waals surface area contributed by atoms with Crippen LogP contribution in [-0.2, 0) is 14.8 Å². The molecular weight excluding hydrogens is 404 g/mol. The zero-order chi connectivity index (χ0) is 21.7. The van der Waals surface area contributed by atoms with E-state index in [1.165, 1.54) is 43.5 Å². The first-order valence-corrected chi connectivity index (χ1v) is 10.5. The van der Waals surface area contributed by atoms with Crippen LogP contribution in [0.2, 0.25) is 0 Å². The number of hydrogen-bond donors (Lipinski definition) is 2. The molecule has 7 nitrogen and oxygen atoms in total. The fourth-order valence-corrected chi connectivity index (χ4v) is 3.78. The number of nitrogens with one attached hydrogen (secondary N) is 2. The summed E-state index contributed by atoms with van der Waals surface area (Å²) in [5.74, 6) is -0.980. The number of para-hydroxylation sites is 1. The normalized spacial score (nSPS) is 10.9. The predicted octanol–water partition coefficient (Wildman–Crippen LogP) is 3.83. The van der Waals surface area contributed by atoms with Gasteiger partial charge in [0, 0.05) is 5.69 Å². The standard InChI is InChI=1S/C22H20N2O5S/c1-15-7-13-18(14-8-15)30(27,28)24-20-6-4-3-5-19(20)21(25)23-17-11-9-16(10-12-17)22(26)29-2/h3-14,24H,1-2H3,(H,23,25). The second-order valence-corrected chi connectivity index (χ2v) is 8.17. The van der Waals surface area contributed by atoms with E-state index in [1.54, 1.807) is 36.4 Å². The van der Waals surface area contributed by atoms with Crippen LogP contribution in [0.5, 0.6) is 0 Å². The molecule has 0 bridgehead atoms. The minimum atomic E-state index is -3.86. The topological polar surface area (TPSA) is 102 Å². The van der Waals surface area contributed by atoms with E-state index in [0.717, 1.165) is 5.56 Å². The molecule has 0 aliphatic heterocycles. The smallest absolute Gasteiger partial charge is 0.337 e. The molecule has 3 aromatic rings. The Labute approximate surface area is 174 Å². The van der Waals surface area contributed by atoms with Crippen molar-refractivity contribution in [2.45, 2.75) is 11.8 Å². The summed E-state index contributed by atoms with van der Waals surface area (Å²) in [7, 11) is -2.57. The molecule has 30 heavy (non-hydrogen) atoms. The fraction of sp³-hybridized carbons (Fsp3) is 0.0909. The molecule has 0 unspecified atom stereocenters. The molecule has 3 rings (SSSR count). The molecule has 0 saturated heterocycles. The highest BCUT2D eigenvalue weighted by molar-refractivity contribution is 7.92. The van der Waals surface area contributed by atoms with Crippen LogP contribution in [0.15, 0.2) is 77.7 Å². The number of carbonyl (C=O) groups excluding carboxylic acids is 2. The molecule has 0 aromatic heterocycles. The van der Waals surface area contributed by atoms with Gasteiger partial charge in [0.25, 0.3) is 15.9 Å². The van der Waals surface area contributed by atoms with E-state index < -0.39 is 21.9 Å². The monoisotopic (exact) mass is 424 g/mol. The molecule has 154 valence electrons. The van der Waals surface area contributed by atoms with Crippen molar-refractivity contribution in [1.29, 1.82) is 0 Å². The maximum absolute atomic E-state index is 12.7. The van der Waals surface area contributed by atoms with Crippen molar-refractivity contribution in [3.63, 3.8) is 0 Å². The van der Waals surface area contributed by atoms with Gasteiger partial charge < -0.3 is 10.1 Å². The van der Waals surface area contributed by atoms with Gasteiger partial charge in [-0.2, -0.15) is 0 Å². The summed E-state index contributed by atoms with van der Waals surface area (Å²) >= 11 is 0. The third-order valence-electron chi connectivity index (χ3n) is 4.31. The second-order valence-electron chi connectivity index (χ2n) is 6.49. The molecule has 2 N–H and O–H groups in total. The first-order valence-electron chi connectivity index (χ1n) is 8.98. The van der Waals surface area contributed by atoms with E-state index in [9.17, 15) is 18.0 Å². The van der Waals surface area contributed by atoms with Crippen molar-refractivity contribution in [1.82, 2.24) is 0 Å². The molecular formula is C22H20N2O5S. The van der Waals surface area contributed by atoms with Gasteiger partial charge in [0.15, 0.2) is 0 Å². The highest BCUT2D eigenvalue weighted by Gasteiger charge is 2.18. The van der Waals surface area contributed by atoms with Crippen LogP contribution in [0.1, 0.15) is 26.3 Å². The van der Waals surface area contributed by atoms with Gasteiger partial charge in [-0.1, -0.05) is 29.8 Å². The van der Waals surface area contributed by atoms with Crippen molar-refractivity contribution in [2.75, 3.05) is 17.1 Å². The maximum Gasteiger partial charge on any atom is 0.337 e. The zero-order valence-corrected chi connectivity index (χ0v) is 17.2. The van der Waals surface area contributed by atoms with E-state index in [-0.39, 0.29) is 16.1 Å². The Morgan fingerprint density at radius 1 is 0.867 bits per heavy atom. The molecule has 0 atom stereocenters. The van der Waals surface area contributed by atoms with Gasteiger partial charge in [0.05, 0.1) is 28.8 Å². The maximum atomic E-state index is 12.7. The summed E-state index contributed by atoms with van der Waals surface area (Å²) in [6.45, 7) is 1.86. The van der Waals surface area contributed by atoms with Crippen LogP contribution in [0.4, 0.5) is 11.4 Å². The fourth-order valence-electron chi connectivity index (χ4n) is 2.70. The van der Waals surface area contributed by atoms with Crippen LogP contribution >= 0.6 is 0 Å². The number of methoxy groups -OCH3 is 1. The number of carbonyl (C=O) groups is 2. The number of rotatable bonds is 6. The summed E-state index contributed by atoms with van der Waals surface area (Å²) in [4.78, 5) is 24.3. The molecule has 0 aliphatic rings. The van der Waals surface area contributed by atoms with Gasteiger partial charge in [0.2, 0.25) is 0 Å². The highest BCUT2D eigenvalue weighted by atomic mass is 32.2. The van der Waals surface area contributed by atoms with Crippen LogP contribution < -0.4 is 10.0 Å². The molecule has 0 saturated carbocycles. The van der Waals surface area contributed by atoms with E-state index in [1.807, 2.05) is 6.92 Å². The Hall–Kier alpha value is -3.65. The third kappa shape index (κ3) is 4.84. The van der Waals surface area contributed by atoms with Crippen molar-refractivity contribution < 1.29 is 22.7 Å². The first kappa shape index (κ1) is 21.1. The van der Waals surface area contributed by atoms with Crippen molar-refractivity contribution >= 4 is 33.3 Å². The van der Waals surface area contributed by atoms with Gasteiger partial charge in [0.1, 0.15) is 0 Å². The Morgan fingerprint density at radius 3 is 2.13 bits per heavy atom. The SMILES string of the molecule is COC(=O)c1ccc(NC(=O)c2ccccc2NS(=O)(=O)c2ccc(C)cc2)cc1. The van der Waals surface area contributed by atoms with Crippen molar-refractivity contribution in [3.8, 4) is 0 Å². The summed E-state index contributed by atoms with van der Waals surface area (Å²) in [6, 6.07) is 18.9. The van der Waals surface area contributed by atoms with E-state index in [0.29, 0.717) is 11.3 Å². The number of sulfonamides is 1. The molecule has 0 radical (unpaired) electrons. The van der Waals surface area contributed by atoms with Crippen LogP contribution in [-0.4, -0.2) is 27.4 Å². The number of amides is 1. The zero-order valence-electron chi connectivity index (χ0n) is 16.4. The number of hydrogen-bond acceptors (Lipinski definition) is 5. The number of anilines is 2. The Bertz CT molecular complexity index is 1170. The average molecular weight is 424 g/mol. The van der Waals surface area contributed by atoms with Crippen molar-refractivity contribution in [2.24, 2.45) is 0 Å². The van der Waals surface area contributed by atoms with Gasteiger partial charge in [-0.05, 0) is 55.5 Å². The van der Waals surface area contributed by atoms with E-state index >= 15 is 0 Å². The lowest BCUT2D eigenvalue weighted by Gasteiger charge is -2.13. The lowest BCUT2D eigenvalue weighted by atomic mass is 10.1.